The molecule has 0 fully saturated rings. The van der Waals surface area contributed by atoms with Gasteiger partial charge in [0.2, 0.25) is 0 Å². The second-order valence-corrected chi connectivity index (χ2v) is 4.38. The molecule has 1 aromatic carbocycles. The second-order valence-electron chi connectivity index (χ2n) is 3.97. The van der Waals surface area contributed by atoms with Gasteiger partial charge in [-0.1, -0.05) is 42.5 Å². The monoisotopic (exact) mass is 299 g/mol. The Morgan fingerprint density at radius 1 is 1.20 bits per heavy atom. The maximum absolute atomic E-state index is 13.0. The first-order valence-corrected chi connectivity index (χ1v) is 5.85. The molecule has 1 aromatic heterocycles. The number of carbonyl (C=O) groups is 1. The summed E-state index contributed by atoms with van der Waals surface area (Å²) in [5, 5.41) is 8.88. The highest BCUT2D eigenvalue weighted by atomic mass is 32.1. The Morgan fingerprint density at radius 3 is 2.30 bits per heavy atom. The molecule has 0 amide bonds. The number of hydrogen-bond donors (Lipinski definition) is 2. The molecule has 3 nitrogen and oxygen atoms in total. The molecule has 0 saturated carbocycles. The molecule has 0 atom stereocenters. The van der Waals surface area contributed by atoms with Crippen molar-refractivity contribution in [3.05, 3.63) is 52.2 Å². The van der Waals surface area contributed by atoms with E-state index < -0.39 is 27.9 Å². The SMILES string of the molecule is O=C(O)c1c(C(F)(F)F)cc(-c2ccccc2)[nH]c1=S. The number of hydrogen-bond acceptors (Lipinski definition) is 2. The van der Waals surface area contributed by atoms with Crippen LogP contribution in [0, 0.1) is 4.64 Å². The molecule has 0 aliphatic carbocycles. The fourth-order valence-corrected chi connectivity index (χ4v) is 2.08. The van der Waals surface area contributed by atoms with Crippen molar-refractivity contribution in [1.29, 1.82) is 0 Å². The van der Waals surface area contributed by atoms with E-state index in [-0.39, 0.29) is 5.69 Å². The minimum absolute atomic E-state index is 0.118. The van der Waals surface area contributed by atoms with Gasteiger partial charge in [-0.2, -0.15) is 13.2 Å². The first-order chi connectivity index (χ1) is 9.30. The summed E-state index contributed by atoms with van der Waals surface area (Å²) in [6, 6.07) is 8.99. The molecular formula is C13H8F3NO2S. The minimum atomic E-state index is -4.79. The fraction of sp³-hybridized carbons (Fsp3) is 0.0769. The highest BCUT2D eigenvalue weighted by Gasteiger charge is 2.36. The van der Waals surface area contributed by atoms with Crippen LogP contribution in [0.25, 0.3) is 11.3 Å². The molecule has 2 N–H and O–H groups in total. The summed E-state index contributed by atoms with van der Waals surface area (Å²) in [5.41, 5.74) is -1.59. The lowest BCUT2D eigenvalue weighted by Crippen LogP contribution is -2.14. The van der Waals surface area contributed by atoms with Gasteiger partial charge in [0.05, 0.1) is 5.56 Å². The average molecular weight is 299 g/mol. The number of aromatic amines is 1. The Bertz CT molecular complexity index is 708. The maximum atomic E-state index is 13.0. The summed E-state index contributed by atoms with van der Waals surface area (Å²) in [4.78, 5) is 13.5. The van der Waals surface area contributed by atoms with Gasteiger partial charge in [0.25, 0.3) is 0 Å². The molecule has 0 saturated heterocycles. The predicted octanol–water partition coefficient (Wildman–Crippen LogP) is 4.13. The average Bonchev–Trinajstić information content (AvgIpc) is 2.37. The zero-order chi connectivity index (χ0) is 14.9. The summed E-state index contributed by atoms with van der Waals surface area (Å²) in [7, 11) is 0. The molecule has 1 heterocycles. The molecule has 0 aliphatic rings. The number of aromatic nitrogens is 1. The van der Waals surface area contributed by atoms with Gasteiger partial charge in [0.15, 0.2) is 0 Å². The van der Waals surface area contributed by atoms with E-state index in [0.29, 0.717) is 5.56 Å². The topological polar surface area (TPSA) is 53.1 Å². The second kappa shape index (κ2) is 5.09. The molecule has 2 aromatic rings. The third kappa shape index (κ3) is 2.72. The van der Waals surface area contributed by atoms with Crippen molar-refractivity contribution in [3.63, 3.8) is 0 Å². The number of nitrogens with one attached hydrogen (secondary N) is 1. The number of H-pyrrole nitrogens is 1. The standard InChI is InChI=1S/C13H8F3NO2S/c14-13(15,16)8-6-9(7-4-2-1-3-5-7)17-11(20)10(8)12(18)19/h1-6H,(H,17,20)(H,18,19). The van der Waals surface area contributed by atoms with E-state index in [9.17, 15) is 18.0 Å². The van der Waals surface area contributed by atoms with Gasteiger partial charge in [-0.25, -0.2) is 4.79 Å². The third-order valence-electron chi connectivity index (χ3n) is 2.64. The van der Waals surface area contributed by atoms with Crippen LogP contribution in [0.2, 0.25) is 0 Å². The molecule has 2 rings (SSSR count). The molecule has 104 valence electrons. The molecule has 0 radical (unpaired) electrons. The minimum Gasteiger partial charge on any atom is -0.478 e. The van der Waals surface area contributed by atoms with Crippen molar-refractivity contribution >= 4 is 18.2 Å². The quantitative estimate of drug-likeness (QED) is 0.820. The third-order valence-corrected chi connectivity index (χ3v) is 2.94. The highest BCUT2D eigenvalue weighted by Crippen LogP contribution is 2.34. The number of alkyl halides is 3. The number of aromatic carboxylic acids is 1. The van der Waals surface area contributed by atoms with Gasteiger partial charge in [-0.3, -0.25) is 0 Å². The van der Waals surface area contributed by atoms with Crippen molar-refractivity contribution in [2.45, 2.75) is 6.18 Å². The van der Waals surface area contributed by atoms with Gasteiger partial charge < -0.3 is 10.1 Å². The lowest BCUT2D eigenvalue weighted by molar-refractivity contribution is -0.138. The van der Waals surface area contributed by atoms with Gasteiger partial charge in [-0.15, -0.1) is 0 Å². The number of benzene rings is 1. The van der Waals surface area contributed by atoms with Crippen molar-refractivity contribution in [1.82, 2.24) is 4.98 Å². The van der Waals surface area contributed by atoms with Crippen molar-refractivity contribution in [2.24, 2.45) is 0 Å². The number of rotatable bonds is 2. The first kappa shape index (κ1) is 14.3. The number of carboxylic acid groups (broad SMARTS) is 1. The first-order valence-electron chi connectivity index (χ1n) is 5.44. The van der Waals surface area contributed by atoms with Gasteiger partial charge in [0, 0.05) is 5.69 Å². The van der Waals surface area contributed by atoms with E-state index in [2.05, 4.69) is 4.98 Å². The molecule has 7 heteroatoms. The van der Waals surface area contributed by atoms with Crippen LogP contribution in [-0.2, 0) is 6.18 Å². The lowest BCUT2D eigenvalue weighted by Gasteiger charge is -2.12. The largest absolute Gasteiger partial charge is 0.478 e. The van der Waals surface area contributed by atoms with Crippen LogP contribution in [0.5, 0.6) is 0 Å². The number of carboxylic acids is 1. The van der Waals surface area contributed by atoms with E-state index in [1.165, 1.54) is 0 Å². The van der Waals surface area contributed by atoms with Crippen LogP contribution >= 0.6 is 12.2 Å². The van der Waals surface area contributed by atoms with E-state index in [1.54, 1.807) is 30.3 Å². The summed E-state index contributed by atoms with van der Waals surface area (Å²) in [5.74, 6) is -1.71. The maximum Gasteiger partial charge on any atom is 0.417 e. The van der Waals surface area contributed by atoms with Crippen LogP contribution in [0.15, 0.2) is 36.4 Å². The van der Waals surface area contributed by atoms with E-state index in [0.717, 1.165) is 6.07 Å². The fourth-order valence-electron chi connectivity index (χ4n) is 1.77. The molecule has 20 heavy (non-hydrogen) atoms. The van der Waals surface area contributed by atoms with E-state index in [4.69, 9.17) is 17.3 Å². The van der Waals surface area contributed by atoms with E-state index in [1.807, 2.05) is 0 Å². The Balaban J connectivity index is 2.75. The number of halogens is 3. The Labute approximate surface area is 116 Å². The predicted molar refractivity (Wildman–Crippen MR) is 69.0 cm³/mol. The summed E-state index contributed by atoms with van der Waals surface area (Å²) >= 11 is 4.74. The van der Waals surface area contributed by atoms with Crippen LogP contribution < -0.4 is 0 Å². The molecule has 0 unspecified atom stereocenters. The van der Waals surface area contributed by atoms with Crippen molar-refractivity contribution < 1.29 is 23.1 Å². The van der Waals surface area contributed by atoms with Crippen LogP contribution in [-0.4, -0.2) is 16.1 Å². The van der Waals surface area contributed by atoms with E-state index >= 15 is 0 Å². The summed E-state index contributed by atoms with van der Waals surface area (Å²) in [6.07, 6.45) is -4.79. The van der Waals surface area contributed by atoms with Crippen LogP contribution in [0.4, 0.5) is 13.2 Å². The smallest absolute Gasteiger partial charge is 0.417 e. The Morgan fingerprint density at radius 2 is 1.80 bits per heavy atom. The summed E-state index contributed by atoms with van der Waals surface area (Å²) < 4.78 is 38.4. The molecular weight excluding hydrogens is 291 g/mol. The molecule has 0 spiro atoms. The molecule has 0 aliphatic heterocycles. The molecule has 0 bridgehead atoms. The van der Waals surface area contributed by atoms with Gasteiger partial charge in [0.1, 0.15) is 10.2 Å². The van der Waals surface area contributed by atoms with Crippen molar-refractivity contribution in [2.75, 3.05) is 0 Å². The Hall–Kier alpha value is -2.15. The van der Waals surface area contributed by atoms with Gasteiger partial charge >= 0.3 is 12.1 Å². The zero-order valence-corrected chi connectivity index (χ0v) is 10.7. The summed E-state index contributed by atoms with van der Waals surface area (Å²) in [6.45, 7) is 0. The van der Waals surface area contributed by atoms with Crippen LogP contribution in [0.1, 0.15) is 15.9 Å². The van der Waals surface area contributed by atoms with Crippen molar-refractivity contribution in [3.8, 4) is 11.3 Å². The zero-order valence-electron chi connectivity index (χ0n) is 9.86. The number of pyridine rings is 1. The van der Waals surface area contributed by atoms with Crippen LogP contribution in [0.3, 0.4) is 0 Å². The lowest BCUT2D eigenvalue weighted by atomic mass is 10.0. The highest BCUT2D eigenvalue weighted by molar-refractivity contribution is 7.71. The normalized spacial score (nSPS) is 11.3. The van der Waals surface area contributed by atoms with Gasteiger partial charge in [-0.05, 0) is 11.6 Å². The Kier molecular flexibility index (Phi) is 3.63.